The number of carbonyl (C=O) groups is 1. The van der Waals surface area contributed by atoms with E-state index in [1.54, 1.807) is 56.6 Å². The molecule has 0 aliphatic carbocycles. The molecule has 4 heterocycles. The molecule has 0 saturated carbocycles. The van der Waals surface area contributed by atoms with Crippen LogP contribution in [0.25, 0.3) is 11.0 Å². The van der Waals surface area contributed by atoms with E-state index in [4.69, 9.17) is 25.4 Å². The van der Waals surface area contributed by atoms with Gasteiger partial charge in [0.05, 0.1) is 6.61 Å². The zero-order chi connectivity index (χ0) is 40.1. The number of carbonyl (C=O) groups excluding carboxylic acids is 1. The summed E-state index contributed by atoms with van der Waals surface area (Å²) in [7, 11) is 1.79. The number of aromatic nitrogens is 2. The SMILES string of the molecule is CC=C(CCNC)C(=O)OC1Cc2c(c(C(c3ccnc(N)c3)C(CO)c3cccc(O)c3)c3oc(CO)cc(=O)c3c2O)OC1(C)CCc1ccc(N)nc1. The number of aromatic hydroxyl groups is 2. The highest BCUT2D eigenvalue weighted by atomic mass is 16.6. The van der Waals surface area contributed by atoms with Gasteiger partial charge in [0, 0.05) is 53.4 Å². The van der Waals surface area contributed by atoms with E-state index < -0.39 is 53.9 Å². The molecule has 1 aliphatic heterocycles. The van der Waals surface area contributed by atoms with Gasteiger partial charge in [0.15, 0.2) is 5.43 Å². The van der Waals surface area contributed by atoms with Crippen LogP contribution in [-0.4, -0.2) is 68.3 Å². The summed E-state index contributed by atoms with van der Waals surface area (Å²) in [4.78, 5) is 36.1. The zero-order valence-electron chi connectivity index (χ0n) is 31.5. The number of fused-ring (bicyclic) bond motifs is 2. The number of nitrogens with zero attached hydrogens (tertiary/aromatic N) is 2. The lowest BCUT2D eigenvalue weighted by Gasteiger charge is -2.44. The van der Waals surface area contributed by atoms with E-state index in [-0.39, 0.29) is 51.6 Å². The Labute approximate surface area is 323 Å². The van der Waals surface area contributed by atoms with E-state index in [0.717, 1.165) is 11.6 Å². The molecule has 14 heteroatoms. The molecule has 5 aromatic rings. The first-order valence-corrected chi connectivity index (χ1v) is 18.4. The number of pyridine rings is 2. The quantitative estimate of drug-likeness (QED) is 0.0615. The van der Waals surface area contributed by atoms with Crippen molar-refractivity contribution in [3.05, 3.63) is 122 Å². The van der Waals surface area contributed by atoms with Crippen LogP contribution in [0.5, 0.6) is 17.2 Å². The Hall–Kier alpha value is -5.96. The summed E-state index contributed by atoms with van der Waals surface area (Å²) in [6.07, 6.45) is 4.95. The number of aliphatic hydroxyl groups is 2. The number of aryl methyl sites for hydroxylation is 1. The fraction of sp³-hybridized carbons (Fsp3) is 0.333. The summed E-state index contributed by atoms with van der Waals surface area (Å²) < 4.78 is 19.6. The van der Waals surface area contributed by atoms with Crippen molar-refractivity contribution < 1.29 is 39.1 Å². The van der Waals surface area contributed by atoms with Crippen LogP contribution in [0.4, 0.5) is 11.6 Å². The predicted octanol–water partition coefficient (Wildman–Crippen LogP) is 4.35. The molecule has 56 heavy (non-hydrogen) atoms. The maximum Gasteiger partial charge on any atom is 0.334 e. The van der Waals surface area contributed by atoms with Gasteiger partial charge in [-0.1, -0.05) is 24.3 Å². The van der Waals surface area contributed by atoms with Crippen molar-refractivity contribution in [2.75, 3.05) is 31.7 Å². The lowest BCUT2D eigenvalue weighted by Crippen LogP contribution is -2.52. The number of ether oxygens (including phenoxy) is 2. The van der Waals surface area contributed by atoms with Crippen LogP contribution in [0.1, 0.15) is 72.1 Å². The topological polar surface area (TPSA) is 237 Å². The Morgan fingerprint density at radius 3 is 2.55 bits per heavy atom. The number of hydrogen-bond donors (Lipinski definition) is 7. The zero-order valence-corrected chi connectivity index (χ0v) is 31.5. The number of esters is 1. The average molecular weight is 766 g/mol. The first-order chi connectivity index (χ1) is 26.9. The van der Waals surface area contributed by atoms with Gasteiger partial charge in [-0.3, -0.25) is 4.79 Å². The standard InChI is InChI=1S/C42H47N5O9/c1-4-24(11-14-45-3)41(53)55-32-19-29-38(52)36-31(51)18-28(21-48)54-40(36)37(39(29)56-42(32,2)13-10-23-8-9-33(43)47-20-23)35(26-12-15-46-34(44)17-26)30(22-49)25-6-5-7-27(50)16-25/h4-9,12,15-18,20,30,32,35,45,48-50,52H,10-11,13-14,19,21-22H2,1-3H3,(H2,43,47)(H2,44,46). The molecule has 0 saturated heterocycles. The Balaban J connectivity index is 1.64. The highest BCUT2D eigenvalue weighted by Gasteiger charge is 2.48. The molecule has 6 rings (SSSR count). The second kappa shape index (κ2) is 16.8. The highest BCUT2D eigenvalue weighted by Crippen LogP contribution is 2.53. The van der Waals surface area contributed by atoms with Gasteiger partial charge >= 0.3 is 5.97 Å². The van der Waals surface area contributed by atoms with E-state index in [1.807, 2.05) is 13.0 Å². The van der Waals surface area contributed by atoms with Gasteiger partial charge in [0.2, 0.25) is 0 Å². The molecule has 3 aromatic heterocycles. The van der Waals surface area contributed by atoms with Gasteiger partial charge in [-0.25, -0.2) is 14.8 Å². The van der Waals surface area contributed by atoms with Gasteiger partial charge in [0.25, 0.3) is 0 Å². The van der Waals surface area contributed by atoms with Crippen molar-refractivity contribution in [1.82, 2.24) is 15.3 Å². The molecule has 2 aromatic carbocycles. The van der Waals surface area contributed by atoms with Crippen LogP contribution < -0.4 is 26.9 Å². The van der Waals surface area contributed by atoms with E-state index in [2.05, 4.69) is 15.3 Å². The van der Waals surface area contributed by atoms with Gasteiger partial charge in [0.1, 0.15) is 63.9 Å². The third-order valence-corrected chi connectivity index (χ3v) is 10.5. The lowest BCUT2D eigenvalue weighted by molar-refractivity contribution is -0.159. The van der Waals surface area contributed by atoms with E-state index in [9.17, 15) is 30.0 Å². The first kappa shape index (κ1) is 39.7. The normalized spacial score (nSPS) is 17.9. The Bertz CT molecular complexity index is 2310. The molecule has 0 amide bonds. The van der Waals surface area contributed by atoms with Crippen LogP contribution in [-0.2, 0) is 29.0 Å². The van der Waals surface area contributed by atoms with Crippen LogP contribution in [0.3, 0.4) is 0 Å². The fourth-order valence-corrected chi connectivity index (χ4v) is 7.45. The molecule has 1 aliphatic rings. The molecule has 294 valence electrons. The Morgan fingerprint density at radius 1 is 1.09 bits per heavy atom. The summed E-state index contributed by atoms with van der Waals surface area (Å²) >= 11 is 0. The predicted molar refractivity (Wildman–Crippen MR) is 210 cm³/mol. The Kier molecular flexibility index (Phi) is 11.9. The number of phenolic OH excluding ortho intramolecular Hbond substituents is 2. The number of nitrogens with one attached hydrogen (secondary N) is 1. The summed E-state index contributed by atoms with van der Waals surface area (Å²) in [5.41, 5.74) is 12.9. The largest absolute Gasteiger partial charge is 0.508 e. The summed E-state index contributed by atoms with van der Waals surface area (Å²) in [6, 6.07) is 14.4. The van der Waals surface area contributed by atoms with Crippen LogP contribution in [0.2, 0.25) is 0 Å². The van der Waals surface area contributed by atoms with Crippen molar-refractivity contribution in [3.63, 3.8) is 0 Å². The molecule has 0 fully saturated rings. The minimum atomic E-state index is -1.27. The second-order valence-corrected chi connectivity index (χ2v) is 14.2. The van der Waals surface area contributed by atoms with Crippen LogP contribution in [0.15, 0.2) is 87.9 Å². The monoisotopic (exact) mass is 765 g/mol. The van der Waals surface area contributed by atoms with E-state index >= 15 is 0 Å². The summed E-state index contributed by atoms with van der Waals surface area (Å²) in [5.74, 6) is -2.17. The van der Waals surface area contributed by atoms with E-state index in [0.29, 0.717) is 48.3 Å². The second-order valence-electron chi connectivity index (χ2n) is 14.2. The highest BCUT2D eigenvalue weighted by molar-refractivity contribution is 5.92. The summed E-state index contributed by atoms with van der Waals surface area (Å²) in [5, 5.41) is 46.8. The number of nitrogens with two attached hydrogens (primary N) is 2. The van der Waals surface area contributed by atoms with Crippen molar-refractivity contribution in [1.29, 1.82) is 0 Å². The molecule has 0 radical (unpaired) electrons. The smallest absolute Gasteiger partial charge is 0.334 e. The number of rotatable bonds is 14. The van der Waals surface area contributed by atoms with Crippen molar-refractivity contribution >= 4 is 28.6 Å². The average Bonchev–Trinajstić information content (AvgIpc) is 3.18. The van der Waals surface area contributed by atoms with Gasteiger partial charge in [-0.05, 0) is 93.7 Å². The molecular formula is C42H47N5O9. The number of hydrogen-bond acceptors (Lipinski definition) is 14. The third-order valence-electron chi connectivity index (χ3n) is 10.5. The number of anilines is 2. The molecule has 4 atom stereocenters. The molecule has 0 bridgehead atoms. The minimum absolute atomic E-state index is 0.0403. The summed E-state index contributed by atoms with van der Waals surface area (Å²) in [6.45, 7) is 3.02. The minimum Gasteiger partial charge on any atom is -0.508 e. The molecule has 4 unspecified atom stereocenters. The number of benzene rings is 2. The van der Waals surface area contributed by atoms with E-state index in [1.165, 1.54) is 18.3 Å². The fourth-order valence-electron chi connectivity index (χ4n) is 7.45. The van der Waals surface area contributed by atoms with Crippen molar-refractivity contribution in [2.24, 2.45) is 0 Å². The molecule has 14 nitrogen and oxygen atoms in total. The molecular weight excluding hydrogens is 718 g/mol. The van der Waals surface area contributed by atoms with Gasteiger partial charge in [-0.15, -0.1) is 0 Å². The van der Waals surface area contributed by atoms with Crippen LogP contribution in [0, 0.1) is 0 Å². The number of allylic oxidation sites excluding steroid dienone is 1. The number of phenols is 2. The van der Waals surface area contributed by atoms with Crippen molar-refractivity contribution in [2.45, 2.75) is 69.7 Å². The third kappa shape index (κ3) is 8.03. The molecule has 9 N–H and O–H groups in total. The Morgan fingerprint density at radius 2 is 1.89 bits per heavy atom. The lowest BCUT2D eigenvalue weighted by atomic mass is 9.74. The number of aliphatic hydroxyl groups excluding tert-OH is 2. The molecule has 0 spiro atoms. The van der Waals surface area contributed by atoms with Crippen LogP contribution >= 0.6 is 0 Å². The maximum atomic E-state index is 13.9. The maximum absolute atomic E-state index is 13.9. The van der Waals surface area contributed by atoms with Crippen molar-refractivity contribution in [3.8, 4) is 17.2 Å². The van der Waals surface area contributed by atoms with Gasteiger partial charge < -0.3 is 51.1 Å². The number of nitrogen functional groups attached to an aromatic ring is 2. The van der Waals surface area contributed by atoms with Gasteiger partial charge in [-0.2, -0.15) is 0 Å². The first-order valence-electron chi connectivity index (χ1n) is 18.4.